The first-order chi connectivity index (χ1) is 11.9. The maximum absolute atomic E-state index is 12.1. The average molecular weight is 350 g/mol. The van der Waals surface area contributed by atoms with E-state index in [2.05, 4.69) is 25.6 Å². The Labute approximate surface area is 149 Å². The predicted molar refractivity (Wildman–Crippen MR) is 97.3 cm³/mol. The van der Waals surface area contributed by atoms with Crippen molar-refractivity contribution in [3.05, 3.63) is 18.0 Å². The summed E-state index contributed by atoms with van der Waals surface area (Å²) in [6, 6.07) is 0. The molecule has 1 saturated heterocycles. The molecule has 0 aromatic carbocycles. The number of carbonyl (C=O) groups is 1. The molecule has 1 aliphatic heterocycles. The molecule has 1 atom stereocenters. The van der Waals surface area contributed by atoms with Gasteiger partial charge in [0, 0.05) is 45.5 Å². The molecule has 0 bridgehead atoms. The minimum absolute atomic E-state index is 0.0302. The monoisotopic (exact) mass is 350 g/mol. The molecule has 25 heavy (non-hydrogen) atoms. The number of aryl methyl sites for hydroxylation is 1. The fourth-order valence-electron chi connectivity index (χ4n) is 2.76. The molecule has 2 rings (SSSR count). The summed E-state index contributed by atoms with van der Waals surface area (Å²) in [6.45, 7) is 9.01. The lowest BCUT2D eigenvalue weighted by Gasteiger charge is -2.36. The molecule has 8 heteroatoms. The van der Waals surface area contributed by atoms with Gasteiger partial charge in [-0.05, 0) is 20.8 Å². The highest BCUT2D eigenvalue weighted by molar-refractivity contribution is 5.84. The lowest BCUT2D eigenvalue weighted by atomic mass is 9.92. The van der Waals surface area contributed by atoms with Gasteiger partial charge in [0.05, 0.1) is 24.8 Å². The molecule has 0 spiro atoms. The fraction of sp³-hybridized carbons (Fsp3) is 0.706. The molecule has 0 saturated carbocycles. The summed E-state index contributed by atoms with van der Waals surface area (Å²) in [5.41, 5.74) is 0.548. The van der Waals surface area contributed by atoms with Gasteiger partial charge in [0.2, 0.25) is 5.91 Å². The van der Waals surface area contributed by atoms with Crippen molar-refractivity contribution in [3.8, 4) is 0 Å². The summed E-state index contributed by atoms with van der Waals surface area (Å²) in [5, 5.41) is 10.4. The number of carbonyl (C=O) groups excluding carboxylic acids is 1. The van der Waals surface area contributed by atoms with Crippen LogP contribution in [0.1, 0.15) is 32.4 Å². The third-order valence-corrected chi connectivity index (χ3v) is 4.31. The van der Waals surface area contributed by atoms with Crippen LogP contribution in [0.15, 0.2) is 17.4 Å². The van der Waals surface area contributed by atoms with Crippen LogP contribution in [0.2, 0.25) is 0 Å². The van der Waals surface area contributed by atoms with Crippen molar-refractivity contribution < 1.29 is 9.53 Å². The van der Waals surface area contributed by atoms with E-state index in [0.717, 1.165) is 18.1 Å². The van der Waals surface area contributed by atoms with Crippen molar-refractivity contribution >= 4 is 11.9 Å². The van der Waals surface area contributed by atoms with Crippen LogP contribution in [0.3, 0.4) is 0 Å². The van der Waals surface area contributed by atoms with Crippen molar-refractivity contribution in [1.29, 1.82) is 0 Å². The fourth-order valence-corrected chi connectivity index (χ4v) is 2.76. The Kier molecular flexibility index (Phi) is 6.41. The van der Waals surface area contributed by atoms with E-state index in [1.54, 1.807) is 11.7 Å². The van der Waals surface area contributed by atoms with E-state index in [-0.39, 0.29) is 12.0 Å². The van der Waals surface area contributed by atoms with Gasteiger partial charge in [-0.15, -0.1) is 0 Å². The zero-order valence-electron chi connectivity index (χ0n) is 15.9. The van der Waals surface area contributed by atoms with Crippen molar-refractivity contribution in [1.82, 2.24) is 25.3 Å². The second-order valence-corrected chi connectivity index (χ2v) is 6.90. The summed E-state index contributed by atoms with van der Waals surface area (Å²) >= 11 is 0. The number of nitrogens with zero attached hydrogens (tertiary/aromatic N) is 4. The number of guanidine groups is 1. The van der Waals surface area contributed by atoms with Crippen molar-refractivity contribution in [2.45, 2.75) is 26.9 Å². The number of morpholine rings is 1. The Hall–Kier alpha value is -2.09. The Morgan fingerprint density at radius 3 is 2.84 bits per heavy atom. The third-order valence-electron chi connectivity index (χ3n) is 4.31. The highest BCUT2D eigenvalue weighted by atomic mass is 16.5. The lowest BCUT2D eigenvalue weighted by molar-refractivity contribution is -0.128. The molecular formula is C17H30N6O2. The molecule has 2 N–H and O–H groups in total. The maximum Gasteiger partial charge on any atom is 0.227 e. The highest BCUT2D eigenvalue weighted by Gasteiger charge is 2.29. The van der Waals surface area contributed by atoms with Crippen LogP contribution in [0, 0.1) is 5.41 Å². The Morgan fingerprint density at radius 2 is 2.24 bits per heavy atom. The second kappa shape index (κ2) is 8.33. The van der Waals surface area contributed by atoms with Crippen LogP contribution in [-0.2, 0) is 16.6 Å². The first-order valence-corrected chi connectivity index (χ1v) is 8.71. The van der Waals surface area contributed by atoms with E-state index in [1.807, 2.05) is 40.2 Å². The number of hydrogen-bond donors (Lipinski definition) is 2. The summed E-state index contributed by atoms with van der Waals surface area (Å²) in [5.74, 6) is 0.822. The van der Waals surface area contributed by atoms with Crippen LogP contribution in [0.5, 0.6) is 0 Å². The van der Waals surface area contributed by atoms with Crippen LogP contribution in [0.4, 0.5) is 0 Å². The third kappa shape index (κ3) is 4.94. The van der Waals surface area contributed by atoms with Crippen LogP contribution >= 0.6 is 0 Å². The number of aliphatic imine (C=N–C) groups is 1. The van der Waals surface area contributed by atoms with Gasteiger partial charge in [0.1, 0.15) is 6.10 Å². The first kappa shape index (κ1) is 19.2. The first-order valence-electron chi connectivity index (χ1n) is 8.71. The van der Waals surface area contributed by atoms with Crippen LogP contribution in [-0.4, -0.2) is 66.4 Å². The largest absolute Gasteiger partial charge is 0.370 e. The molecule has 140 valence electrons. The maximum atomic E-state index is 12.1. The summed E-state index contributed by atoms with van der Waals surface area (Å²) in [7, 11) is 3.66. The smallest absolute Gasteiger partial charge is 0.227 e. The lowest BCUT2D eigenvalue weighted by Crippen LogP contribution is -2.52. The Morgan fingerprint density at radius 1 is 1.48 bits per heavy atom. The van der Waals surface area contributed by atoms with E-state index in [0.29, 0.717) is 26.2 Å². The molecule has 1 amide bonds. The second-order valence-electron chi connectivity index (χ2n) is 6.90. The molecule has 0 aliphatic carbocycles. The van der Waals surface area contributed by atoms with Gasteiger partial charge < -0.3 is 20.3 Å². The number of hydrogen-bond acceptors (Lipinski definition) is 4. The molecule has 2 heterocycles. The van der Waals surface area contributed by atoms with Gasteiger partial charge >= 0.3 is 0 Å². The van der Waals surface area contributed by atoms with E-state index >= 15 is 0 Å². The van der Waals surface area contributed by atoms with Crippen molar-refractivity contribution in [2.75, 3.05) is 39.8 Å². The van der Waals surface area contributed by atoms with Gasteiger partial charge in [-0.2, -0.15) is 5.10 Å². The van der Waals surface area contributed by atoms with Crippen molar-refractivity contribution in [2.24, 2.45) is 17.5 Å². The van der Waals surface area contributed by atoms with Crippen LogP contribution < -0.4 is 10.6 Å². The van der Waals surface area contributed by atoms with E-state index in [9.17, 15) is 4.79 Å². The Bertz CT molecular complexity index is 610. The minimum atomic E-state index is -0.513. The minimum Gasteiger partial charge on any atom is -0.370 e. The summed E-state index contributed by atoms with van der Waals surface area (Å²) in [6.07, 6.45) is 3.78. The van der Waals surface area contributed by atoms with Gasteiger partial charge in [-0.25, -0.2) is 0 Å². The SMILES string of the molecule is CCNC(=O)C(C)(C)CNC(=NC)N1CCOC(c2cnn(C)c2)C1. The quantitative estimate of drug-likeness (QED) is 0.598. The summed E-state index contributed by atoms with van der Waals surface area (Å²) in [4.78, 5) is 18.7. The van der Waals surface area contributed by atoms with Gasteiger partial charge in [-0.1, -0.05) is 0 Å². The van der Waals surface area contributed by atoms with Crippen molar-refractivity contribution in [3.63, 3.8) is 0 Å². The molecule has 1 aromatic rings. The molecule has 1 aliphatic rings. The number of nitrogens with one attached hydrogen (secondary N) is 2. The van der Waals surface area contributed by atoms with Gasteiger partial charge in [-0.3, -0.25) is 14.5 Å². The van der Waals surface area contributed by atoms with E-state index in [4.69, 9.17) is 4.74 Å². The normalized spacial score (nSPS) is 19.0. The highest BCUT2D eigenvalue weighted by Crippen LogP contribution is 2.22. The van der Waals surface area contributed by atoms with Crippen LogP contribution in [0.25, 0.3) is 0 Å². The average Bonchev–Trinajstić information content (AvgIpc) is 3.02. The van der Waals surface area contributed by atoms with Gasteiger partial charge in [0.25, 0.3) is 0 Å². The van der Waals surface area contributed by atoms with Gasteiger partial charge in [0.15, 0.2) is 5.96 Å². The molecule has 1 fully saturated rings. The predicted octanol–water partition coefficient (Wildman–Crippen LogP) is 0.531. The number of ether oxygens (including phenoxy) is 1. The zero-order valence-corrected chi connectivity index (χ0v) is 15.9. The molecule has 1 aromatic heterocycles. The van der Waals surface area contributed by atoms with E-state index in [1.165, 1.54) is 0 Å². The Balaban J connectivity index is 1.97. The zero-order chi connectivity index (χ0) is 18.4. The molecule has 1 unspecified atom stereocenters. The number of rotatable bonds is 5. The standard InChI is InChI=1S/C17H30N6O2/c1-6-19-15(24)17(2,3)12-20-16(18-4)23-7-8-25-14(11-23)13-9-21-22(5)10-13/h9-10,14H,6-8,11-12H2,1-5H3,(H,18,20)(H,19,24). The number of amides is 1. The summed E-state index contributed by atoms with van der Waals surface area (Å²) < 4.78 is 7.65. The number of aromatic nitrogens is 2. The molecular weight excluding hydrogens is 320 g/mol. The topological polar surface area (TPSA) is 83.8 Å². The molecule has 0 radical (unpaired) electrons. The van der Waals surface area contributed by atoms with E-state index < -0.39 is 5.41 Å². The molecule has 8 nitrogen and oxygen atoms in total.